The van der Waals surface area contributed by atoms with Crippen molar-refractivity contribution < 1.29 is 0 Å². The molecule has 4 aromatic carbocycles. The average molecular weight is 818 g/mol. The lowest BCUT2D eigenvalue weighted by molar-refractivity contribution is 1.31. The van der Waals surface area contributed by atoms with E-state index in [4.69, 9.17) is 56.4 Å². The molecular weight excluding hydrogens is 788 g/mol. The first-order valence-corrected chi connectivity index (χ1v) is 19.8. The first kappa shape index (κ1) is 35.3. The van der Waals surface area contributed by atoms with E-state index in [9.17, 15) is 0 Å². The minimum absolute atomic E-state index is 0.653. The normalized spacial score (nSPS) is 12.1. The minimum Gasteiger partial charge on any atom is -0.354 e. The number of aromatic nitrogens is 5. The number of nitrogens with zero attached hydrogens (tertiary/aromatic N) is 2. The summed E-state index contributed by atoms with van der Waals surface area (Å²) in [4.78, 5) is 21.9. The Balaban J connectivity index is 1.38. The molecular formula is C48H29Cl4N5. The standard InChI is InChI=1S/C48H29Cl4N5/c49-31-9-1-27(2-10-31)45-37-19-17-35(53-37)36-18-20-38(54-36)46(28-3-11-32(50)12-4-28)40-22-24-42(56-40)48(30-7-15-34(52)16-8-30)44-26-25-43(57-44)47(41-23-21-39(45)55-41)29-5-13-33(51)14-6-29/h1-26,53-54,57H. The maximum absolute atomic E-state index is 6.42. The van der Waals surface area contributed by atoms with Crippen molar-refractivity contribution in [2.45, 2.75) is 0 Å². The van der Waals surface area contributed by atoms with Gasteiger partial charge in [-0.15, -0.1) is 0 Å². The zero-order chi connectivity index (χ0) is 38.6. The number of rotatable bonds is 4. The van der Waals surface area contributed by atoms with Gasteiger partial charge in [0, 0.05) is 64.4 Å². The molecule has 8 aromatic rings. The molecule has 0 saturated carbocycles. The number of H-pyrrole nitrogens is 3. The van der Waals surface area contributed by atoms with Crippen LogP contribution in [-0.4, -0.2) is 24.9 Å². The van der Waals surface area contributed by atoms with Gasteiger partial charge in [-0.2, -0.15) is 0 Å². The fourth-order valence-electron chi connectivity index (χ4n) is 7.60. The second kappa shape index (κ2) is 14.5. The van der Waals surface area contributed by atoms with Crippen molar-refractivity contribution in [2.24, 2.45) is 0 Å². The second-order valence-electron chi connectivity index (χ2n) is 13.8. The summed E-state index contributed by atoms with van der Waals surface area (Å²) in [6.07, 6.45) is 8.27. The lowest BCUT2D eigenvalue weighted by Gasteiger charge is -2.06. The number of hydrogen-bond acceptors (Lipinski definition) is 2. The SMILES string of the molecule is Clc1ccc(-c2c3nc(c(-c4ccc(Cl)cc4)c4ccc([nH]4)c4ccc([nH]4)c(-c4ccc(Cl)cc4)c4nc(c(-c5ccc(Cl)cc5)c5ccc2[nH]5)C=C4)C=C3)cc1. The van der Waals surface area contributed by atoms with Gasteiger partial charge in [0.25, 0.3) is 0 Å². The summed E-state index contributed by atoms with van der Waals surface area (Å²) in [6.45, 7) is 0. The molecule has 10 bridgehead atoms. The smallest absolute Gasteiger partial charge is 0.0737 e. The van der Waals surface area contributed by atoms with Gasteiger partial charge < -0.3 is 15.0 Å². The summed E-state index contributed by atoms with van der Waals surface area (Å²) in [5, 5.41) is 2.62. The predicted molar refractivity (Wildman–Crippen MR) is 241 cm³/mol. The quantitative estimate of drug-likeness (QED) is 0.165. The van der Waals surface area contributed by atoms with E-state index in [0.29, 0.717) is 20.1 Å². The van der Waals surface area contributed by atoms with Crippen LogP contribution in [0.25, 0.3) is 102 Å². The highest BCUT2D eigenvalue weighted by molar-refractivity contribution is 6.31. The maximum atomic E-state index is 6.42. The molecule has 6 heterocycles. The van der Waals surface area contributed by atoms with E-state index < -0.39 is 0 Å². The molecule has 2 aliphatic heterocycles. The largest absolute Gasteiger partial charge is 0.354 e. The van der Waals surface area contributed by atoms with Crippen molar-refractivity contribution in [3.05, 3.63) is 176 Å². The molecule has 4 aromatic heterocycles. The highest BCUT2D eigenvalue weighted by atomic mass is 35.5. The third-order valence-electron chi connectivity index (χ3n) is 10.3. The van der Waals surface area contributed by atoms with Crippen LogP contribution in [0.5, 0.6) is 0 Å². The van der Waals surface area contributed by atoms with Crippen molar-refractivity contribution in [3.8, 4) is 44.5 Å². The maximum Gasteiger partial charge on any atom is 0.0737 e. The molecule has 0 aliphatic carbocycles. The number of halogens is 4. The molecule has 3 N–H and O–H groups in total. The molecule has 0 radical (unpaired) electrons. The molecule has 274 valence electrons. The molecule has 0 atom stereocenters. The number of fused-ring (bicyclic) bond motifs is 11. The number of nitrogens with one attached hydrogen (secondary N) is 3. The average Bonchev–Trinajstić information content (AvgIpc) is 4.08. The van der Waals surface area contributed by atoms with Crippen molar-refractivity contribution in [2.75, 3.05) is 0 Å². The highest BCUT2D eigenvalue weighted by Gasteiger charge is 2.18. The van der Waals surface area contributed by atoms with Gasteiger partial charge in [-0.3, -0.25) is 0 Å². The molecule has 10 rings (SSSR count). The van der Waals surface area contributed by atoms with Gasteiger partial charge in [0.15, 0.2) is 0 Å². The molecule has 5 nitrogen and oxygen atoms in total. The summed E-state index contributed by atoms with van der Waals surface area (Å²) < 4.78 is 0. The predicted octanol–water partition coefficient (Wildman–Crippen LogP) is 15.0. The molecule has 0 unspecified atom stereocenters. The van der Waals surface area contributed by atoms with E-state index in [1.807, 2.05) is 97.1 Å². The Bertz CT molecular complexity index is 2920. The fourth-order valence-corrected chi connectivity index (χ4v) is 8.10. The first-order valence-electron chi connectivity index (χ1n) is 18.2. The van der Waals surface area contributed by atoms with E-state index in [0.717, 1.165) is 100 Å². The van der Waals surface area contributed by atoms with E-state index in [1.165, 1.54) is 0 Å². The Kier molecular flexibility index (Phi) is 8.96. The Morgan fingerprint density at radius 1 is 0.263 bits per heavy atom. The van der Waals surface area contributed by atoms with Crippen molar-refractivity contribution in [1.29, 1.82) is 0 Å². The van der Waals surface area contributed by atoms with Crippen LogP contribution in [0.2, 0.25) is 20.1 Å². The minimum atomic E-state index is 0.653. The molecule has 2 aliphatic rings. The summed E-state index contributed by atoms with van der Waals surface area (Å²) in [7, 11) is 0. The monoisotopic (exact) mass is 815 g/mol. The lowest BCUT2D eigenvalue weighted by atomic mass is 10.0. The van der Waals surface area contributed by atoms with Gasteiger partial charge in [-0.1, -0.05) is 94.9 Å². The fraction of sp³-hybridized carbons (Fsp3) is 0. The third kappa shape index (κ3) is 6.69. The zero-order valence-electron chi connectivity index (χ0n) is 29.9. The van der Waals surface area contributed by atoms with Gasteiger partial charge in [0.1, 0.15) is 0 Å². The van der Waals surface area contributed by atoms with Crippen molar-refractivity contribution in [1.82, 2.24) is 24.9 Å². The van der Waals surface area contributed by atoms with E-state index in [2.05, 4.69) is 75.7 Å². The molecule has 0 fully saturated rings. The Labute approximate surface area is 347 Å². The molecule has 57 heavy (non-hydrogen) atoms. The lowest BCUT2D eigenvalue weighted by Crippen LogP contribution is -1.88. The third-order valence-corrected chi connectivity index (χ3v) is 11.3. The summed E-state index contributed by atoms with van der Waals surface area (Å²) in [6, 6.07) is 44.0. The Morgan fingerprint density at radius 2 is 0.474 bits per heavy atom. The van der Waals surface area contributed by atoms with Gasteiger partial charge in [0.05, 0.1) is 33.8 Å². The van der Waals surface area contributed by atoms with E-state index in [1.54, 1.807) is 0 Å². The van der Waals surface area contributed by atoms with Gasteiger partial charge in [0.2, 0.25) is 0 Å². The topological polar surface area (TPSA) is 73.2 Å². The van der Waals surface area contributed by atoms with Crippen LogP contribution >= 0.6 is 46.4 Å². The summed E-state index contributed by atoms with van der Waals surface area (Å²) in [5.41, 5.74) is 16.3. The van der Waals surface area contributed by atoms with E-state index in [-0.39, 0.29) is 0 Å². The summed E-state index contributed by atoms with van der Waals surface area (Å²) in [5.74, 6) is 0. The molecule has 9 heteroatoms. The van der Waals surface area contributed by atoms with Gasteiger partial charge in [-0.25, -0.2) is 9.97 Å². The van der Waals surface area contributed by atoms with Crippen LogP contribution in [0.1, 0.15) is 22.8 Å². The summed E-state index contributed by atoms with van der Waals surface area (Å²) >= 11 is 25.6. The number of benzene rings is 4. The first-order chi connectivity index (χ1) is 27.8. The van der Waals surface area contributed by atoms with Crippen molar-refractivity contribution in [3.63, 3.8) is 0 Å². The highest BCUT2D eigenvalue weighted by Crippen LogP contribution is 2.38. The van der Waals surface area contributed by atoms with Gasteiger partial charge >= 0.3 is 0 Å². The van der Waals surface area contributed by atoms with Crippen LogP contribution < -0.4 is 0 Å². The van der Waals surface area contributed by atoms with Crippen molar-refractivity contribution >= 4 is 104 Å². The van der Waals surface area contributed by atoms with Crippen LogP contribution in [0, 0.1) is 0 Å². The molecule has 0 spiro atoms. The Hall–Kier alpha value is -6.08. The Morgan fingerprint density at radius 3 is 0.719 bits per heavy atom. The van der Waals surface area contributed by atoms with E-state index >= 15 is 0 Å². The number of aromatic amines is 3. The van der Waals surface area contributed by atoms with Crippen LogP contribution in [-0.2, 0) is 0 Å². The van der Waals surface area contributed by atoms with Crippen LogP contribution in [0.3, 0.4) is 0 Å². The zero-order valence-corrected chi connectivity index (χ0v) is 32.9. The van der Waals surface area contributed by atoms with Crippen LogP contribution in [0.4, 0.5) is 0 Å². The number of hydrogen-bond donors (Lipinski definition) is 3. The molecule has 0 saturated heterocycles. The van der Waals surface area contributed by atoms with Crippen LogP contribution in [0.15, 0.2) is 133 Å². The van der Waals surface area contributed by atoms with Gasteiger partial charge in [-0.05, 0) is 131 Å². The second-order valence-corrected chi connectivity index (χ2v) is 15.6. The molecule has 0 amide bonds.